The summed E-state index contributed by atoms with van der Waals surface area (Å²) < 4.78 is 6.09. The summed E-state index contributed by atoms with van der Waals surface area (Å²) in [6, 6.07) is 5.86. The molecule has 22 heavy (non-hydrogen) atoms. The molecule has 0 unspecified atom stereocenters. The van der Waals surface area contributed by atoms with Gasteiger partial charge in [0.15, 0.2) is 0 Å². The van der Waals surface area contributed by atoms with Crippen LogP contribution in [0.1, 0.15) is 18.9 Å². The van der Waals surface area contributed by atoms with Gasteiger partial charge in [0, 0.05) is 39.5 Å². The summed E-state index contributed by atoms with van der Waals surface area (Å²) in [5.41, 5.74) is 1.10. The summed E-state index contributed by atoms with van der Waals surface area (Å²) in [5, 5.41) is 0. The van der Waals surface area contributed by atoms with E-state index in [0.29, 0.717) is 39.0 Å². The Kier molecular flexibility index (Phi) is 5.83. The van der Waals surface area contributed by atoms with Crippen LogP contribution in [0.3, 0.4) is 0 Å². The minimum atomic E-state index is 0.0789. The zero-order chi connectivity index (χ0) is 16.1. The van der Waals surface area contributed by atoms with Crippen LogP contribution in [-0.2, 0) is 16.0 Å². The Morgan fingerprint density at radius 2 is 1.82 bits per heavy atom. The van der Waals surface area contributed by atoms with E-state index < -0.39 is 0 Å². The van der Waals surface area contributed by atoms with E-state index in [-0.39, 0.29) is 11.8 Å². The first kappa shape index (κ1) is 16.8. The molecule has 0 saturated carbocycles. The minimum absolute atomic E-state index is 0.0789. The Labute approximate surface area is 139 Å². The number of amides is 2. The van der Waals surface area contributed by atoms with Crippen molar-refractivity contribution in [2.75, 3.05) is 33.3 Å². The Morgan fingerprint density at radius 1 is 1.18 bits per heavy atom. The highest BCUT2D eigenvalue weighted by atomic mass is 79.9. The second-order valence-corrected chi connectivity index (χ2v) is 6.21. The predicted octanol–water partition coefficient (Wildman–Crippen LogP) is 2.08. The van der Waals surface area contributed by atoms with Crippen LogP contribution in [0, 0.1) is 0 Å². The van der Waals surface area contributed by atoms with Gasteiger partial charge in [-0.05, 0) is 40.0 Å². The van der Waals surface area contributed by atoms with Crippen LogP contribution in [0.5, 0.6) is 5.75 Å². The van der Waals surface area contributed by atoms with E-state index >= 15 is 0 Å². The van der Waals surface area contributed by atoms with Gasteiger partial charge in [0.25, 0.3) is 0 Å². The van der Waals surface area contributed by atoms with Gasteiger partial charge in [0.1, 0.15) is 5.75 Å². The zero-order valence-corrected chi connectivity index (χ0v) is 14.6. The van der Waals surface area contributed by atoms with Gasteiger partial charge in [-0.2, -0.15) is 0 Å². The molecule has 1 aliphatic rings. The van der Waals surface area contributed by atoms with E-state index in [0.717, 1.165) is 15.8 Å². The van der Waals surface area contributed by atoms with Gasteiger partial charge in [0.05, 0.1) is 11.6 Å². The second kappa shape index (κ2) is 7.63. The molecule has 1 aromatic carbocycles. The number of rotatable bonds is 4. The third-order valence-corrected chi connectivity index (χ3v) is 4.54. The lowest BCUT2D eigenvalue weighted by Gasteiger charge is -2.34. The number of carbonyl (C=O) groups excluding carboxylic acids is 2. The Morgan fingerprint density at radius 3 is 2.36 bits per heavy atom. The highest BCUT2D eigenvalue weighted by molar-refractivity contribution is 9.10. The number of aryl methyl sites for hydroxylation is 1. The lowest BCUT2D eigenvalue weighted by atomic mass is 10.1. The number of hydrogen-bond acceptors (Lipinski definition) is 3. The molecular formula is C16H21BrN2O3. The molecule has 0 N–H and O–H groups in total. The summed E-state index contributed by atoms with van der Waals surface area (Å²) in [5.74, 6) is 1.01. The molecule has 2 amide bonds. The lowest BCUT2D eigenvalue weighted by Crippen LogP contribution is -2.50. The molecular weight excluding hydrogens is 348 g/mol. The second-order valence-electron chi connectivity index (χ2n) is 5.36. The SMILES string of the molecule is COc1ccc(CCC(=O)N2CCN(C(C)=O)CC2)cc1Br. The number of nitrogens with zero attached hydrogens (tertiary/aromatic N) is 2. The van der Waals surface area contributed by atoms with Crippen LogP contribution in [0.15, 0.2) is 22.7 Å². The van der Waals surface area contributed by atoms with Gasteiger partial charge in [-0.3, -0.25) is 9.59 Å². The lowest BCUT2D eigenvalue weighted by molar-refractivity contribution is -0.138. The van der Waals surface area contributed by atoms with Gasteiger partial charge in [-0.1, -0.05) is 6.07 Å². The molecule has 0 spiro atoms. The van der Waals surface area contributed by atoms with E-state index in [1.54, 1.807) is 18.9 Å². The van der Waals surface area contributed by atoms with Crippen LogP contribution in [-0.4, -0.2) is 54.9 Å². The fraction of sp³-hybridized carbons (Fsp3) is 0.500. The van der Waals surface area contributed by atoms with E-state index in [1.165, 1.54) is 0 Å². The number of benzene rings is 1. The van der Waals surface area contributed by atoms with Gasteiger partial charge < -0.3 is 14.5 Å². The number of ether oxygens (including phenoxy) is 1. The number of halogens is 1. The van der Waals surface area contributed by atoms with E-state index in [4.69, 9.17) is 4.74 Å². The molecule has 1 aromatic rings. The van der Waals surface area contributed by atoms with Crippen molar-refractivity contribution < 1.29 is 14.3 Å². The largest absolute Gasteiger partial charge is 0.496 e. The van der Waals surface area contributed by atoms with Gasteiger partial charge in [-0.15, -0.1) is 0 Å². The molecule has 2 rings (SSSR count). The number of carbonyl (C=O) groups is 2. The molecule has 1 aliphatic heterocycles. The molecule has 120 valence electrons. The molecule has 0 bridgehead atoms. The highest BCUT2D eigenvalue weighted by Gasteiger charge is 2.21. The molecule has 0 atom stereocenters. The molecule has 5 nitrogen and oxygen atoms in total. The van der Waals surface area contributed by atoms with Crippen molar-refractivity contribution in [1.82, 2.24) is 9.80 Å². The maximum Gasteiger partial charge on any atom is 0.223 e. The average Bonchev–Trinajstić information content (AvgIpc) is 2.52. The first-order valence-electron chi connectivity index (χ1n) is 7.37. The van der Waals surface area contributed by atoms with Crippen molar-refractivity contribution in [2.24, 2.45) is 0 Å². The minimum Gasteiger partial charge on any atom is -0.496 e. The monoisotopic (exact) mass is 368 g/mol. The molecule has 1 saturated heterocycles. The van der Waals surface area contributed by atoms with E-state index in [1.807, 2.05) is 23.1 Å². The summed E-state index contributed by atoms with van der Waals surface area (Å²) in [6.07, 6.45) is 1.19. The van der Waals surface area contributed by atoms with Gasteiger partial charge in [0.2, 0.25) is 11.8 Å². The van der Waals surface area contributed by atoms with Gasteiger partial charge in [-0.25, -0.2) is 0 Å². The van der Waals surface area contributed by atoms with E-state index in [2.05, 4.69) is 15.9 Å². The Bertz CT molecular complexity index is 554. The normalized spacial score (nSPS) is 14.9. The quantitative estimate of drug-likeness (QED) is 0.817. The average molecular weight is 369 g/mol. The topological polar surface area (TPSA) is 49.9 Å². The Hall–Kier alpha value is -1.56. The van der Waals surface area contributed by atoms with Crippen molar-refractivity contribution in [2.45, 2.75) is 19.8 Å². The number of hydrogen-bond donors (Lipinski definition) is 0. The smallest absolute Gasteiger partial charge is 0.223 e. The van der Waals surface area contributed by atoms with Crippen molar-refractivity contribution in [3.8, 4) is 5.75 Å². The number of piperazine rings is 1. The molecule has 1 fully saturated rings. The highest BCUT2D eigenvalue weighted by Crippen LogP contribution is 2.26. The van der Waals surface area contributed by atoms with Crippen LogP contribution in [0.25, 0.3) is 0 Å². The molecule has 0 aliphatic carbocycles. The maximum atomic E-state index is 12.2. The molecule has 6 heteroatoms. The van der Waals surface area contributed by atoms with Crippen LogP contribution in [0.2, 0.25) is 0 Å². The van der Waals surface area contributed by atoms with Crippen LogP contribution >= 0.6 is 15.9 Å². The standard InChI is InChI=1S/C16H21BrN2O3/c1-12(20)18-7-9-19(10-8-18)16(21)6-4-13-3-5-15(22-2)14(17)11-13/h3,5,11H,4,6-10H2,1-2H3. The first-order chi connectivity index (χ1) is 10.5. The van der Waals surface area contributed by atoms with Gasteiger partial charge >= 0.3 is 0 Å². The van der Waals surface area contributed by atoms with E-state index in [9.17, 15) is 9.59 Å². The molecule has 0 aromatic heterocycles. The van der Waals surface area contributed by atoms with Crippen molar-refractivity contribution in [3.05, 3.63) is 28.2 Å². The predicted molar refractivity (Wildman–Crippen MR) is 87.8 cm³/mol. The third kappa shape index (κ3) is 4.22. The first-order valence-corrected chi connectivity index (χ1v) is 8.16. The third-order valence-electron chi connectivity index (χ3n) is 3.92. The summed E-state index contributed by atoms with van der Waals surface area (Å²) in [6.45, 7) is 4.10. The van der Waals surface area contributed by atoms with Crippen molar-refractivity contribution in [3.63, 3.8) is 0 Å². The fourth-order valence-electron chi connectivity index (χ4n) is 2.55. The number of methoxy groups -OCH3 is 1. The molecule has 0 radical (unpaired) electrons. The van der Waals surface area contributed by atoms with Crippen LogP contribution in [0.4, 0.5) is 0 Å². The van der Waals surface area contributed by atoms with Crippen molar-refractivity contribution in [1.29, 1.82) is 0 Å². The summed E-state index contributed by atoms with van der Waals surface area (Å²) in [7, 11) is 1.63. The van der Waals surface area contributed by atoms with Crippen molar-refractivity contribution >= 4 is 27.7 Å². The summed E-state index contributed by atoms with van der Waals surface area (Å²) >= 11 is 3.45. The fourth-order valence-corrected chi connectivity index (χ4v) is 3.13. The Balaban J connectivity index is 1.83. The summed E-state index contributed by atoms with van der Waals surface area (Å²) in [4.78, 5) is 27.1. The zero-order valence-electron chi connectivity index (χ0n) is 13.0. The maximum absolute atomic E-state index is 12.2. The molecule has 1 heterocycles. The van der Waals surface area contributed by atoms with Crippen LogP contribution < -0.4 is 4.74 Å².